The Bertz CT molecular complexity index is 646. The number of nitro groups is 1. The normalized spacial score (nSPS) is 9.85. The largest absolute Gasteiger partial charge is 0.417 e. The maximum Gasteiger partial charge on any atom is 0.417 e. The van der Waals surface area contributed by atoms with Gasteiger partial charge in [0.1, 0.15) is 11.6 Å². The minimum Gasteiger partial charge on any atom is -0.410 e. The molecule has 0 aliphatic heterocycles. The van der Waals surface area contributed by atoms with Gasteiger partial charge in [-0.15, -0.1) is 0 Å². The fourth-order valence-electron chi connectivity index (χ4n) is 1.49. The third kappa shape index (κ3) is 3.52. The third-order valence-corrected chi connectivity index (χ3v) is 2.29. The summed E-state index contributed by atoms with van der Waals surface area (Å²) in [6.07, 6.45) is -0.865. The molecule has 0 unspecified atom stereocenters. The van der Waals surface area contributed by atoms with Crippen LogP contribution in [-0.4, -0.2) is 11.0 Å². The molecular weight excluding hydrogens is 267 g/mol. The molecule has 2 rings (SSSR count). The van der Waals surface area contributed by atoms with Gasteiger partial charge in [-0.05, 0) is 18.2 Å². The molecule has 0 aromatic heterocycles. The number of nitrogens with zero attached hydrogens (tertiary/aromatic N) is 1. The minimum absolute atomic E-state index is 0.0577. The van der Waals surface area contributed by atoms with Crippen molar-refractivity contribution in [2.45, 2.75) is 0 Å². The van der Waals surface area contributed by atoms with Crippen molar-refractivity contribution in [2.75, 3.05) is 5.32 Å². The Hall–Kier alpha value is -2.96. The van der Waals surface area contributed by atoms with Crippen LogP contribution in [0.2, 0.25) is 0 Å². The van der Waals surface area contributed by atoms with Crippen molar-refractivity contribution in [3.63, 3.8) is 0 Å². The van der Waals surface area contributed by atoms with E-state index < -0.39 is 22.5 Å². The van der Waals surface area contributed by atoms with E-state index in [0.29, 0.717) is 5.75 Å². The number of carbonyl (C=O) groups is 1. The summed E-state index contributed by atoms with van der Waals surface area (Å²) in [4.78, 5) is 21.4. The summed E-state index contributed by atoms with van der Waals surface area (Å²) in [5.74, 6) is -0.523. The maximum absolute atomic E-state index is 13.2. The molecule has 20 heavy (non-hydrogen) atoms. The number of benzene rings is 2. The predicted molar refractivity (Wildman–Crippen MR) is 69.1 cm³/mol. The Labute approximate surface area is 112 Å². The van der Waals surface area contributed by atoms with E-state index in [9.17, 15) is 19.3 Å². The van der Waals surface area contributed by atoms with E-state index in [-0.39, 0.29) is 5.69 Å². The van der Waals surface area contributed by atoms with Gasteiger partial charge in [-0.3, -0.25) is 15.4 Å². The first-order chi connectivity index (χ1) is 9.54. The molecule has 1 N–H and O–H groups in total. The Morgan fingerprint density at radius 2 is 1.90 bits per heavy atom. The number of anilines is 1. The quantitative estimate of drug-likeness (QED) is 0.688. The second-order valence-electron chi connectivity index (χ2n) is 3.78. The van der Waals surface area contributed by atoms with Gasteiger partial charge in [-0.2, -0.15) is 0 Å². The summed E-state index contributed by atoms with van der Waals surface area (Å²) in [6.45, 7) is 0. The molecule has 1 amide bonds. The first kappa shape index (κ1) is 13.5. The number of amides is 1. The van der Waals surface area contributed by atoms with Crippen molar-refractivity contribution >= 4 is 17.5 Å². The number of hydrogen-bond donors (Lipinski definition) is 1. The van der Waals surface area contributed by atoms with Gasteiger partial charge < -0.3 is 4.74 Å². The zero-order valence-electron chi connectivity index (χ0n) is 10.1. The molecule has 0 aliphatic rings. The number of nitrogens with one attached hydrogen (secondary N) is 1. The summed E-state index contributed by atoms with van der Waals surface area (Å²) in [5, 5.41) is 12.8. The fourth-order valence-corrected chi connectivity index (χ4v) is 1.49. The lowest BCUT2D eigenvalue weighted by Gasteiger charge is -2.06. The molecule has 6 nitrogen and oxygen atoms in total. The van der Waals surface area contributed by atoms with E-state index in [2.05, 4.69) is 5.32 Å². The van der Waals surface area contributed by atoms with Crippen LogP contribution in [-0.2, 0) is 0 Å². The van der Waals surface area contributed by atoms with Crippen LogP contribution in [0, 0.1) is 15.9 Å². The van der Waals surface area contributed by atoms with Gasteiger partial charge in [0.05, 0.1) is 16.7 Å². The van der Waals surface area contributed by atoms with Crippen LogP contribution in [0.15, 0.2) is 48.5 Å². The summed E-state index contributed by atoms with van der Waals surface area (Å²) in [7, 11) is 0. The molecule has 0 saturated heterocycles. The fraction of sp³-hybridized carbons (Fsp3) is 0. The summed E-state index contributed by atoms with van der Waals surface area (Å²) in [5.41, 5.74) is -0.516. The Kier molecular flexibility index (Phi) is 3.90. The van der Waals surface area contributed by atoms with Crippen molar-refractivity contribution in [3.05, 3.63) is 64.5 Å². The highest BCUT2D eigenvalue weighted by Crippen LogP contribution is 2.20. The van der Waals surface area contributed by atoms with Gasteiger partial charge >= 0.3 is 6.09 Å². The van der Waals surface area contributed by atoms with E-state index >= 15 is 0 Å². The van der Waals surface area contributed by atoms with Crippen LogP contribution in [0.4, 0.5) is 20.6 Å². The van der Waals surface area contributed by atoms with Gasteiger partial charge in [0.2, 0.25) is 0 Å². The number of para-hydroxylation sites is 1. The molecule has 102 valence electrons. The summed E-state index contributed by atoms with van der Waals surface area (Å²) >= 11 is 0. The Morgan fingerprint density at radius 1 is 1.20 bits per heavy atom. The number of halogens is 1. The lowest BCUT2D eigenvalue weighted by atomic mass is 10.2. The van der Waals surface area contributed by atoms with Crippen molar-refractivity contribution in [3.8, 4) is 5.75 Å². The SMILES string of the molecule is O=C(Nc1cc(F)cc([N+](=O)[O-])c1)Oc1ccccc1. The number of non-ortho nitro benzene ring substituents is 1. The summed E-state index contributed by atoms with van der Waals surface area (Å²) < 4.78 is 18.1. The molecule has 0 radical (unpaired) electrons. The highest BCUT2D eigenvalue weighted by Gasteiger charge is 2.12. The third-order valence-electron chi connectivity index (χ3n) is 2.29. The topological polar surface area (TPSA) is 81.5 Å². The van der Waals surface area contributed by atoms with Gasteiger partial charge in [-0.1, -0.05) is 18.2 Å². The van der Waals surface area contributed by atoms with Crippen LogP contribution in [0.25, 0.3) is 0 Å². The van der Waals surface area contributed by atoms with E-state index in [1.807, 2.05) is 0 Å². The number of hydrogen-bond acceptors (Lipinski definition) is 4. The standard InChI is InChI=1S/C13H9FN2O4/c14-9-6-10(8-11(7-9)16(18)19)15-13(17)20-12-4-2-1-3-5-12/h1-8H,(H,15,17). The lowest BCUT2D eigenvalue weighted by Crippen LogP contribution is -2.16. The molecule has 0 aliphatic carbocycles. The first-order valence-corrected chi connectivity index (χ1v) is 5.53. The smallest absolute Gasteiger partial charge is 0.410 e. The maximum atomic E-state index is 13.2. The zero-order chi connectivity index (χ0) is 14.5. The molecular formula is C13H9FN2O4. The molecule has 2 aromatic rings. The molecule has 0 spiro atoms. The van der Waals surface area contributed by atoms with Gasteiger partial charge in [0.15, 0.2) is 0 Å². The van der Waals surface area contributed by atoms with Gasteiger partial charge in [0, 0.05) is 6.07 Å². The number of rotatable bonds is 3. The molecule has 0 saturated carbocycles. The summed E-state index contributed by atoms with van der Waals surface area (Å²) in [6, 6.07) is 11.0. The van der Waals surface area contributed by atoms with Crippen LogP contribution in [0.5, 0.6) is 5.75 Å². The average molecular weight is 276 g/mol. The first-order valence-electron chi connectivity index (χ1n) is 5.53. The van der Waals surface area contributed by atoms with Crippen LogP contribution in [0.3, 0.4) is 0 Å². The van der Waals surface area contributed by atoms with Crippen molar-refractivity contribution < 1.29 is 18.8 Å². The second-order valence-corrected chi connectivity index (χ2v) is 3.78. The van der Waals surface area contributed by atoms with E-state index in [1.165, 1.54) is 0 Å². The molecule has 0 atom stereocenters. The highest BCUT2D eigenvalue weighted by atomic mass is 19.1. The van der Waals surface area contributed by atoms with Crippen molar-refractivity contribution in [2.24, 2.45) is 0 Å². The monoisotopic (exact) mass is 276 g/mol. The molecule has 0 bridgehead atoms. The molecule has 0 fully saturated rings. The van der Waals surface area contributed by atoms with Crippen molar-refractivity contribution in [1.29, 1.82) is 0 Å². The highest BCUT2D eigenvalue weighted by molar-refractivity contribution is 5.86. The number of carbonyl (C=O) groups excluding carboxylic acids is 1. The van der Waals surface area contributed by atoms with Crippen molar-refractivity contribution in [1.82, 2.24) is 0 Å². The predicted octanol–water partition coefficient (Wildman–Crippen LogP) is 3.34. The minimum atomic E-state index is -0.865. The number of nitro benzene ring substituents is 1. The van der Waals surface area contributed by atoms with Crippen LogP contribution in [0.1, 0.15) is 0 Å². The Balaban J connectivity index is 2.10. The Morgan fingerprint density at radius 3 is 2.55 bits per heavy atom. The molecule has 2 aromatic carbocycles. The zero-order valence-corrected chi connectivity index (χ0v) is 10.1. The average Bonchev–Trinajstić information content (AvgIpc) is 2.38. The van der Waals surface area contributed by atoms with Crippen LogP contribution < -0.4 is 10.1 Å². The number of ether oxygens (including phenoxy) is 1. The molecule has 7 heteroatoms. The van der Waals surface area contributed by atoms with E-state index in [1.54, 1.807) is 30.3 Å². The van der Waals surface area contributed by atoms with Gasteiger partial charge in [-0.25, -0.2) is 9.18 Å². The van der Waals surface area contributed by atoms with Gasteiger partial charge in [0.25, 0.3) is 5.69 Å². The van der Waals surface area contributed by atoms with E-state index in [0.717, 1.165) is 18.2 Å². The molecule has 0 heterocycles. The van der Waals surface area contributed by atoms with Crippen LogP contribution >= 0.6 is 0 Å². The lowest BCUT2D eigenvalue weighted by molar-refractivity contribution is -0.385. The second kappa shape index (κ2) is 5.79. The van der Waals surface area contributed by atoms with E-state index in [4.69, 9.17) is 4.74 Å².